The van der Waals surface area contributed by atoms with Gasteiger partial charge in [-0.15, -0.1) is 0 Å². The summed E-state index contributed by atoms with van der Waals surface area (Å²) in [6.45, 7) is 5.87. The molecule has 9 nitrogen and oxygen atoms in total. The van der Waals surface area contributed by atoms with Gasteiger partial charge < -0.3 is 20.6 Å². The van der Waals surface area contributed by atoms with Crippen LogP contribution in [0.5, 0.6) is 0 Å². The van der Waals surface area contributed by atoms with Gasteiger partial charge in [0.25, 0.3) is 0 Å². The van der Waals surface area contributed by atoms with E-state index in [0.717, 1.165) is 6.26 Å². The van der Waals surface area contributed by atoms with Gasteiger partial charge in [0.2, 0.25) is 10.0 Å². The third-order valence-corrected chi connectivity index (χ3v) is 4.72. The molecule has 0 aliphatic carbocycles. The first-order valence-electron chi connectivity index (χ1n) is 7.49. The van der Waals surface area contributed by atoms with Gasteiger partial charge >= 0.3 is 12.0 Å². The van der Waals surface area contributed by atoms with Crippen LogP contribution < -0.4 is 10.5 Å². The quantitative estimate of drug-likeness (QED) is 0.568. The van der Waals surface area contributed by atoms with Gasteiger partial charge in [0, 0.05) is 31.7 Å². The Labute approximate surface area is 136 Å². The van der Waals surface area contributed by atoms with Crippen LogP contribution in [0.15, 0.2) is 0 Å². The van der Waals surface area contributed by atoms with Crippen molar-refractivity contribution in [2.24, 2.45) is 11.7 Å². The van der Waals surface area contributed by atoms with Crippen LogP contribution in [0.25, 0.3) is 0 Å². The lowest BCUT2D eigenvalue weighted by Gasteiger charge is -2.34. The summed E-state index contributed by atoms with van der Waals surface area (Å²) >= 11 is 0. The fourth-order valence-corrected chi connectivity index (χ4v) is 3.25. The van der Waals surface area contributed by atoms with Crippen molar-refractivity contribution in [3.05, 3.63) is 0 Å². The number of nitrogens with zero attached hydrogens (tertiary/aromatic N) is 2. The number of carboxylic acid groups (broad SMARTS) is 1. The molecular weight excluding hydrogens is 324 g/mol. The van der Waals surface area contributed by atoms with E-state index in [-0.39, 0.29) is 25.2 Å². The zero-order valence-corrected chi connectivity index (χ0v) is 14.7. The van der Waals surface area contributed by atoms with Crippen molar-refractivity contribution >= 4 is 22.0 Å². The zero-order valence-electron chi connectivity index (χ0n) is 13.9. The van der Waals surface area contributed by atoms with E-state index in [1.54, 1.807) is 4.90 Å². The first kappa shape index (κ1) is 19.7. The molecule has 4 N–H and O–H groups in total. The molecule has 10 heteroatoms. The molecule has 0 saturated carbocycles. The largest absolute Gasteiger partial charge is 0.481 e. The molecule has 0 aromatic carbocycles. The smallest absolute Gasteiger partial charge is 0.320 e. The van der Waals surface area contributed by atoms with Crippen LogP contribution in [0.2, 0.25) is 0 Å². The lowest BCUT2D eigenvalue weighted by molar-refractivity contribution is -0.141. The van der Waals surface area contributed by atoms with Crippen LogP contribution in [0, 0.1) is 5.92 Å². The number of nitrogens with one attached hydrogen (secondary N) is 1. The highest BCUT2D eigenvalue weighted by Gasteiger charge is 2.46. The average molecular weight is 350 g/mol. The first-order chi connectivity index (χ1) is 10.5. The highest BCUT2D eigenvalue weighted by Crippen LogP contribution is 2.24. The number of urea groups is 1. The number of hydrogen-bond acceptors (Lipinski definition) is 5. The summed E-state index contributed by atoms with van der Waals surface area (Å²) in [4.78, 5) is 27.0. The molecule has 1 fully saturated rings. The molecule has 2 amide bonds. The molecule has 1 rings (SSSR count). The van der Waals surface area contributed by atoms with E-state index in [2.05, 4.69) is 4.72 Å². The standard InChI is InChI=1S/C13H26N4O5S/c1-5-16(8(2)3)13(20)17-7-9(12(18)19)11(14)10(17)6-15-23(4,21)22/h8-11,15H,5-7,14H2,1-4H3,(H,18,19)/t9-,10?,11-/m1/s1. The molecule has 3 atom stereocenters. The number of rotatable bonds is 6. The molecule has 1 unspecified atom stereocenters. The molecule has 1 aliphatic heterocycles. The Morgan fingerprint density at radius 2 is 2.00 bits per heavy atom. The number of likely N-dealkylation sites (tertiary alicyclic amines) is 1. The lowest BCUT2D eigenvalue weighted by Crippen LogP contribution is -2.54. The molecule has 0 radical (unpaired) electrons. The van der Waals surface area contributed by atoms with Gasteiger partial charge in [-0.3, -0.25) is 4.79 Å². The maximum atomic E-state index is 12.7. The second kappa shape index (κ2) is 7.45. The Kier molecular flexibility index (Phi) is 6.37. The van der Waals surface area contributed by atoms with E-state index in [1.165, 1.54) is 4.90 Å². The molecule has 0 bridgehead atoms. The van der Waals surface area contributed by atoms with Crippen LogP contribution in [0.4, 0.5) is 4.79 Å². The van der Waals surface area contributed by atoms with E-state index >= 15 is 0 Å². The minimum absolute atomic E-state index is 0.0331. The summed E-state index contributed by atoms with van der Waals surface area (Å²) in [7, 11) is -3.47. The van der Waals surface area contributed by atoms with Crippen molar-refractivity contribution in [2.75, 3.05) is 25.9 Å². The first-order valence-corrected chi connectivity index (χ1v) is 9.39. The molecule has 1 saturated heterocycles. The van der Waals surface area contributed by atoms with E-state index in [9.17, 15) is 23.1 Å². The highest BCUT2D eigenvalue weighted by molar-refractivity contribution is 7.88. The fourth-order valence-electron chi connectivity index (χ4n) is 2.78. The van der Waals surface area contributed by atoms with Crippen LogP contribution >= 0.6 is 0 Å². The maximum absolute atomic E-state index is 12.7. The molecule has 1 heterocycles. The van der Waals surface area contributed by atoms with Gasteiger partial charge in [-0.05, 0) is 20.8 Å². The van der Waals surface area contributed by atoms with Crippen LogP contribution in [0.1, 0.15) is 20.8 Å². The van der Waals surface area contributed by atoms with Gasteiger partial charge in [-0.1, -0.05) is 0 Å². The number of hydrogen-bond donors (Lipinski definition) is 3. The maximum Gasteiger partial charge on any atom is 0.320 e. The summed E-state index contributed by atoms with van der Waals surface area (Å²) in [5.74, 6) is -2.01. The van der Waals surface area contributed by atoms with E-state index in [1.807, 2.05) is 20.8 Å². The summed E-state index contributed by atoms with van der Waals surface area (Å²) in [6.07, 6.45) is 1.00. The molecule has 1 aliphatic rings. The number of carbonyl (C=O) groups is 2. The van der Waals surface area contributed by atoms with Gasteiger partial charge in [-0.25, -0.2) is 17.9 Å². The Hall–Kier alpha value is -1.39. The Balaban J connectivity index is 3.04. The van der Waals surface area contributed by atoms with Gasteiger partial charge in [0.1, 0.15) is 0 Å². The Bertz CT molecular complexity index is 551. The number of nitrogens with two attached hydrogens (primary N) is 1. The summed E-state index contributed by atoms with van der Waals surface area (Å²) < 4.78 is 24.9. The monoisotopic (exact) mass is 350 g/mol. The van der Waals surface area contributed by atoms with Crippen molar-refractivity contribution < 1.29 is 23.1 Å². The SMILES string of the molecule is CCN(C(=O)N1C[C@@H](C(=O)O)[C@@H](N)C1CNS(C)(=O)=O)C(C)C. The van der Waals surface area contributed by atoms with Crippen molar-refractivity contribution in [1.29, 1.82) is 0 Å². The highest BCUT2D eigenvalue weighted by atomic mass is 32.2. The second-order valence-corrected chi connectivity index (χ2v) is 7.86. The van der Waals surface area contributed by atoms with Gasteiger partial charge in [0.15, 0.2) is 0 Å². The predicted molar refractivity (Wildman–Crippen MR) is 85.4 cm³/mol. The van der Waals surface area contributed by atoms with Crippen LogP contribution in [-0.4, -0.2) is 79.3 Å². The third-order valence-electron chi connectivity index (χ3n) is 4.03. The van der Waals surface area contributed by atoms with Crippen molar-refractivity contribution in [3.8, 4) is 0 Å². The molecule has 0 aromatic rings. The van der Waals surface area contributed by atoms with Crippen molar-refractivity contribution in [1.82, 2.24) is 14.5 Å². The van der Waals surface area contributed by atoms with Crippen molar-refractivity contribution in [3.63, 3.8) is 0 Å². The van der Waals surface area contributed by atoms with Gasteiger partial charge in [-0.2, -0.15) is 0 Å². The topological polar surface area (TPSA) is 133 Å². The normalized spacial score (nSPS) is 25.0. The average Bonchev–Trinajstić information content (AvgIpc) is 2.73. The second-order valence-electron chi connectivity index (χ2n) is 6.02. The van der Waals surface area contributed by atoms with E-state index in [0.29, 0.717) is 6.54 Å². The molecule has 134 valence electrons. The minimum Gasteiger partial charge on any atom is -0.481 e. The van der Waals surface area contributed by atoms with Crippen molar-refractivity contribution in [2.45, 2.75) is 38.9 Å². The summed E-state index contributed by atoms with van der Waals surface area (Å²) in [5, 5.41) is 9.26. The molecular formula is C13H26N4O5S. The number of carboxylic acids is 1. The predicted octanol–water partition coefficient (Wildman–Crippen LogP) is -0.902. The van der Waals surface area contributed by atoms with Crippen LogP contribution in [-0.2, 0) is 14.8 Å². The number of amides is 2. The summed E-state index contributed by atoms with van der Waals surface area (Å²) in [6, 6.07) is -1.93. The number of sulfonamides is 1. The minimum atomic E-state index is -3.47. The fraction of sp³-hybridized carbons (Fsp3) is 0.846. The molecule has 0 aromatic heterocycles. The molecule has 23 heavy (non-hydrogen) atoms. The third kappa shape index (κ3) is 4.79. The molecule has 0 spiro atoms. The van der Waals surface area contributed by atoms with Gasteiger partial charge in [0.05, 0.1) is 18.2 Å². The number of aliphatic carboxylic acids is 1. The van der Waals surface area contributed by atoms with E-state index < -0.39 is 34.0 Å². The number of carbonyl (C=O) groups excluding carboxylic acids is 1. The Morgan fingerprint density at radius 3 is 2.39 bits per heavy atom. The van der Waals surface area contributed by atoms with E-state index in [4.69, 9.17) is 5.73 Å². The Morgan fingerprint density at radius 1 is 1.43 bits per heavy atom. The zero-order chi connectivity index (χ0) is 17.9. The van der Waals surface area contributed by atoms with Crippen LogP contribution in [0.3, 0.4) is 0 Å². The summed E-state index contributed by atoms with van der Waals surface area (Å²) in [5.41, 5.74) is 5.97. The lowest BCUT2D eigenvalue weighted by atomic mass is 10.00.